The molecule has 3 aromatic rings. The van der Waals surface area contributed by atoms with Crippen molar-refractivity contribution in [3.05, 3.63) is 89.8 Å². The first kappa shape index (κ1) is 31.4. The molecule has 0 aromatic heterocycles. The van der Waals surface area contributed by atoms with Crippen LogP contribution < -0.4 is 4.74 Å². The molecule has 0 heterocycles. The van der Waals surface area contributed by atoms with Gasteiger partial charge in [-0.15, -0.1) is 0 Å². The van der Waals surface area contributed by atoms with E-state index in [4.69, 9.17) is 4.74 Å². The highest BCUT2D eigenvalue weighted by Crippen LogP contribution is 2.44. The highest BCUT2D eigenvalue weighted by molar-refractivity contribution is 5.71. The summed E-state index contributed by atoms with van der Waals surface area (Å²) in [5.74, 6) is 0.696. The number of rotatable bonds is 11. The van der Waals surface area contributed by atoms with Gasteiger partial charge in [0.05, 0.1) is 6.61 Å². The first-order valence-corrected chi connectivity index (χ1v) is 16.6. The zero-order valence-electron chi connectivity index (χ0n) is 25.9. The molecule has 230 valence electrons. The molecule has 0 aliphatic heterocycles. The van der Waals surface area contributed by atoms with E-state index in [1.807, 2.05) is 6.07 Å². The topological polar surface area (TPSA) is 9.23 Å². The molecule has 4 heteroatoms. The van der Waals surface area contributed by atoms with Crippen LogP contribution in [0.1, 0.15) is 102 Å². The van der Waals surface area contributed by atoms with Crippen molar-refractivity contribution in [2.75, 3.05) is 6.61 Å². The summed E-state index contributed by atoms with van der Waals surface area (Å²) in [5.41, 5.74) is 3.05. The SMILES string of the molecule is C/C=C/C1CCC(C2CCC(c3ccc(-c4ccc(-c5ccc(OCCCCCC)c(F)c5F)cc4)c(F)c3)CC2)CC1. The van der Waals surface area contributed by atoms with E-state index in [0.717, 1.165) is 67.4 Å². The van der Waals surface area contributed by atoms with Gasteiger partial charge in [-0.1, -0.05) is 74.7 Å². The lowest BCUT2D eigenvalue weighted by Crippen LogP contribution is -2.25. The number of benzene rings is 3. The van der Waals surface area contributed by atoms with Crippen molar-refractivity contribution in [3.63, 3.8) is 0 Å². The van der Waals surface area contributed by atoms with Crippen LogP contribution in [0.3, 0.4) is 0 Å². The predicted octanol–water partition coefficient (Wildman–Crippen LogP) is 12.1. The van der Waals surface area contributed by atoms with Gasteiger partial charge < -0.3 is 4.74 Å². The fourth-order valence-corrected chi connectivity index (χ4v) is 7.43. The monoisotopic (exact) mass is 588 g/mol. The van der Waals surface area contributed by atoms with Crippen LogP contribution in [0, 0.1) is 35.2 Å². The zero-order chi connectivity index (χ0) is 30.2. The lowest BCUT2D eigenvalue weighted by molar-refractivity contribution is 0.171. The molecule has 1 nitrogen and oxygen atoms in total. The second-order valence-electron chi connectivity index (χ2n) is 12.8. The van der Waals surface area contributed by atoms with Crippen LogP contribution in [0.2, 0.25) is 0 Å². The Labute approximate surface area is 256 Å². The molecule has 2 aliphatic rings. The molecule has 2 aliphatic carbocycles. The number of hydrogen-bond donors (Lipinski definition) is 0. The van der Waals surface area contributed by atoms with Crippen LogP contribution in [0.25, 0.3) is 22.3 Å². The second kappa shape index (κ2) is 15.1. The highest BCUT2D eigenvalue weighted by atomic mass is 19.2. The summed E-state index contributed by atoms with van der Waals surface area (Å²) in [4.78, 5) is 0. The normalized spacial score (nSPS) is 22.6. The molecule has 0 radical (unpaired) electrons. The van der Waals surface area contributed by atoms with Gasteiger partial charge in [0.1, 0.15) is 5.82 Å². The number of unbranched alkanes of at least 4 members (excludes halogenated alkanes) is 3. The van der Waals surface area contributed by atoms with Gasteiger partial charge in [0.15, 0.2) is 11.6 Å². The minimum atomic E-state index is -0.968. The Morgan fingerprint density at radius 1 is 0.698 bits per heavy atom. The van der Waals surface area contributed by atoms with E-state index in [1.165, 1.54) is 44.6 Å². The minimum Gasteiger partial charge on any atom is -0.490 e. The number of hydrogen-bond acceptors (Lipinski definition) is 1. The molecule has 0 N–H and O–H groups in total. The van der Waals surface area contributed by atoms with E-state index >= 15 is 4.39 Å². The molecule has 0 amide bonds. The molecule has 0 spiro atoms. The van der Waals surface area contributed by atoms with Crippen molar-refractivity contribution >= 4 is 0 Å². The predicted molar refractivity (Wildman–Crippen MR) is 172 cm³/mol. The molecular weight excluding hydrogens is 541 g/mol. The van der Waals surface area contributed by atoms with E-state index in [0.29, 0.717) is 23.7 Å². The van der Waals surface area contributed by atoms with Gasteiger partial charge in [0.25, 0.3) is 0 Å². The molecule has 0 unspecified atom stereocenters. The smallest absolute Gasteiger partial charge is 0.201 e. The summed E-state index contributed by atoms with van der Waals surface area (Å²) in [7, 11) is 0. The Balaban J connectivity index is 1.18. The summed E-state index contributed by atoms with van der Waals surface area (Å²) >= 11 is 0. The third-order valence-corrected chi connectivity index (χ3v) is 9.99. The average Bonchev–Trinajstić information content (AvgIpc) is 3.04. The Kier molecular flexibility index (Phi) is 11.1. The van der Waals surface area contributed by atoms with Crippen molar-refractivity contribution in [3.8, 4) is 28.0 Å². The quantitative estimate of drug-likeness (QED) is 0.160. The van der Waals surface area contributed by atoms with Crippen molar-refractivity contribution in [1.82, 2.24) is 0 Å². The molecule has 2 fully saturated rings. The number of ether oxygens (including phenoxy) is 1. The molecule has 0 atom stereocenters. The number of halogens is 3. The molecule has 0 saturated heterocycles. The van der Waals surface area contributed by atoms with Gasteiger partial charge >= 0.3 is 0 Å². The molecule has 0 bridgehead atoms. The summed E-state index contributed by atoms with van der Waals surface area (Å²) in [6, 6.07) is 15.7. The standard InChI is InChI=1S/C39H47F3O/c1-3-5-6-7-25-43-37-24-23-35(38(41)39(37)42)32-19-17-31(18-20-32)34-22-21-33(26-36(34)40)30-15-13-29(14-16-30)28-11-9-27(8-4-2)10-12-28/h4,8,17-24,26-30H,3,5-7,9-16,25H2,1-2H3/b8-4+. The van der Waals surface area contributed by atoms with Gasteiger partial charge in [-0.25, -0.2) is 8.78 Å². The largest absolute Gasteiger partial charge is 0.490 e. The van der Waals surface area contributed by atoms with Gasteiger partial charge in [-0.3, -0.25) is 0 Å². The highest BCUT2D eigenvalue weighted by Gasteiger charge is 2.31. The third-order valence-electron chi connectivity index (χ3n) is 9.99. The number of allylic oxidation sites excluding steroid dienone is 2. The van der Waals surface area contributed by atoms with Crippen molar-refractivity contribution < 1.29 is 17.9 Å². The fourth-order valence-electron chi connectivity index (χ4n) is 7.43. The summed E-state index contributed by atoms with van der Waals surface area (Å²) in [5, 5.41) is 0. The Bertz CT molecular complexity index is 1350. The minimum absolute atomic E-state index is 0.0581. The summed E-state index contributed by atoms with van der Waals surface area (Å²) < 4.78 is 50.5. The maximum atomic E-state index is 15.4. The summed E-state index contributed by atoms with van der Waals surface area (Å²) in [6.45, 7) is 4.61. The van der Waals surface area contributed by atoms with Gasteiger partial charge in [-0.2, -0.15) is 4.39 Å². The lowest BCUT2D eigenvalue weighted by atomic mass is 9.68. The van der Waals surface area contributed by atoms with E-state index in [9.17, 15) is 8.78 Å². The third kappa shape index (κ3) is 7.75. The van der Waals surface area contributed by atoms with Crippen LogP contribution in [0.15, 0.2) is 66.7 Å². The van der Waals surface area contributed by atoms with Crippen LogP contribution in [0.4, 0.5) is 13.2 Å². The van der Waals surface area contributed by atoms with Crippen LogP contribution >= 0.6 is 0 Å². The maximum absolute atomic E-state index is 15.4. The Morgan fingerprint density at radius 2 is 1.33 bits per heavy atom. The first-order chi connectivity index (χ1) is 21.0. The van der Waals surface area contributed by atoms with Gasteiger partial charge in [-0.05, 0) is 123 Å². The van der Waals surface area contributed by atoms with Crippen LogP contribution in [-0.2, 0) is 0 Å². The first-order valence-electron chi connectivity index (χ1n) is 16.6. The van der Waals surface area contributed by atoms with E-state index in [-0.39, 0.29) is 17.1 Å². The average molecular weight is 589 g/mol. The Morgan fingerprint density at radius 3 is 1.95 bits per heavy atom. The Hall–Kier alpha value is -3.01. The van der Waals surface area contributed by atoms with E-state index < -0.39 is 11.6 Å². The molecule has 43 heavy (non-hydrogen) atoms. The van der Waals surface area contributed by atoms with Crippen LogP contribution in [-0.4, -0.2) is 6.61 Å². The van der Waals surface area contributed by atoms with Crippen molar-refractivity contribution in [2.45, 2.75) is 96.8 Å². The molecule has 5 rings (SSSR count). The van der Waals surface area contributed by atoms with Crippen molar-refractivity contribution in [1.29, 1.82) is 0 Å². The van der Waals surface area contributed by atoms with Crippen LogP contribution in [0.5, 0.6) is 5.75 Å². The second-order valence-corrected chi connectivity index (χ2v) is 12.8. The molecular formula is C39H47F3O. The fraction of sp³-hybridized carbons (Fsp3) is 0.487. The molecule has 3 aromatic carbocycles. The van der Waals surface area contributed by atoms with E-state index in [2.05, 4.69) is 32.1 Å². The van der Waals surface area contributed by atoms with Gasteiger partial charge in [0, 0.05) is 11.1 Å². The lowest BCUT2D eigenvalue weighted by Gasteiger charge is -2.37. The zero-order valence-corrected chi connectivity index (χ0v) is 25.9. The van der Waals surface area contributed by atoms with E-state index in [1.54, 1.807) is 36.4 Å². The summed E-state index contributed by atoms with van der Waals surface area (Å²) in [6.07, 6.45) is 18.7. The van der Waals surface area contributed by atoms with Crippen molar-refractivity contribution in [2.24, 2.45) is 17.8 Å². The molecule has 2 saturated carbocycles. The maximum Gasteiger partial charge on any atom is 0.201 e. The van der Waals surface area contributed by atoms with Gasteiger partial charge in [0.2, 0.25) is 5.82 Å².